The van der Waals surface area contributed by atoms with E-state index < -0.39 is 0 Å². The maximum absolute atomic E-state index is 11.5. The summed E-state index contributed by atoms with van der Waals surface area (Å²) < 4.78 is 2.34. The fourth-order valence-electron chi connectivity index (χ4n) is 2.68. The average molecular weight is 313 g/mol. The number of fused-ring (bicyclic) bond motifs is 1. The maximum Gasteiger partial charge on any atom is 0.246 e. The van der Waals surface area contributed by atoms with Gasteiger partial charge in [-0.15, -0.1) is 0 Å². The molecular formula is C19H27N3O. The van der Waals surface area contributed by atoms with Gasteiger partial charge in [-0.25, -0.2) is 4.98 Å². The number of carbonyl (C=O) groups is 1. The summed E-state index contributed by atoms with van der Waals surface area (Å²) in [4.78, 5) is 16.3. The highest BCUT2D eigenvalue weighted by atomic mass is 16.1. The van der Waals surface area contributed by atoms with Gasteiger partial charge in [0.1, 0.15) is 5.82 Å². The molecule has 2 aromatic rings. The van der Waals surface area contributed by atoms with Crippen molar-refractivity contribution in [2.75, 3.05) is 6.54 Å². The van der Waals surface area contributed by atoms with Gasteiger partial charge >= 0.3 is 0 Å². The second kappa shape index (κ2) is 8.51. The van der Waals surface area contributed by atoms with Crippen LogP contribution in [0.2, 0.25) is 0 Å². The number of amides is 1. The minimum absolute atomic E-state index is 0.0681. The van der Waals surface area contributed by atoms with Gasteiger partial charge in [-0.1, -0.05) is 38.5 Å². The zero-order valence-corrected chi connectivity index (χ0v) is 14.3. The number of aryl methyl sites for hydroxylation is 2. The highest BCUT2D eigenvalue weighted by Gasteiger charge is 2.10. The lowest BCUT2D eigenvalue weighted by Gasteiger charge is -2.09. The summed E-state index contributed by atoms with van der Waals surface area (Å²) in [5.74, 6) is 1.05. The van der Waals surface area contributed by atoms with Crippen LogP contribution in [0.4, 0.5) is 0 Å². The third-order valence-corrected chi connectivity index (χ3v) is 3.97. The van der Waals surface area contributed by atoms with Gasteiger partial charge in [0.15, 0.2) is 0 Å². The molecule has 0 aliphatic rings. The second-order valence-electron chi connectivity index (χ2n) is 6.02. The Morgan fingerprint density at radius 3 is 2.78 bits per heavy atom. The summed E-state index contributed by atoms with van der Waals surface area (Å²) in [5, 5.41) is 2.88. The molecule has 4 heteroatoms. The number of unbranched alkanes of at least 4 members (excludes halogenated alkanes) is 2. The zero-order valence-electron chi connectivity index (χ0n) is 14.3. The summed E-state index contributed by atoms with van der Waals surface area (Å²) >= 11 is 0. The number of para-hydroxylation sites is 2. The number of hydrogen-bond donors (Lipinski definition) is 1. The van der Waals surface area contributed by atoms with Crippen molar-refractivity contribution in [1.82, 2.24) is 14.9 Å². The Hall–Kier alpha value is -2.10. The molecule has 1 aromatic heterocycles. The topological polar surface area (TPSA) is 46.9 Å². The standard InChI is InChI=1S/C19H27N3O/c1-4-5-8-14-22-17-11-7-6-10-16(17)21-18(22)12-9-13-20-19(23)15(2)3/h6-7,10-11H,2,4-5,8-9,12-14H2,1,3H3,(H,20,23). The summed E-state index contributed by atoms with van der Waals surface area (Å²) in [6.45, 7) is 9.26. The van der Waals surface area contributed by atoms with Gasteiger partial charge in [0.05, 0.1) is 11.0 Å². The molecule has 0 fully saturated rings. The number of carbonyl (C=O) groups excluding carboxylic acids is 1. The predicted molar refractivity (Wildman–Crippen MR) is 95.4 cm³/mol. The molecule has 1 N–H and O–H groups in total. The Morgan fingerprint density at radius 2 is 2.04 bits per heavy atom. The van der Waals surface area contributed by atoms with Crippen molar-refractivity contribution in [2.24, 2.45) is 0 Å². The molecule has 4 nitrogen and oxygen atoms in total. The first kappa shape index (κ1) is 17.3. The van der Waals surface area contributed by atoms with Crippen LogP contribution in [0.25, 0.3) is 11.0 Å². The highest BCUT2D eigenvalue weighted by Crippen LogP contribution is 2.18. The molecule has 0 aliphatic heterocycles. The molecular weight excluding hydrogens is 286 g/mol. The summed E-state index contributed by atoms with van der Waals surface area (Å²) in [7, 11) is 0. The minimum atomic E-state index is -0.0681. The maximum atomic E-state index is 11.5. The third-order valence-electron chi connectivity index (χ3n) is 3.97. The molecule has 23 heavy (non-hydrogen) atoms. The largest absolute Gasteiger partial charge is 0.352 e. The van der Waals surface area contributed by atoms with Crippen LogP contribution in [0, 0.1) is 0 Å². The fourth-order valence-corrected chi connectivity index (χ4v) is 2.68. The van der Waals surface area contributed by atoms with Crippen molar-refractivity contribution < 1.29 is 4.79 Å². The molecule has 0 spiro atoms. The van der Waals surface area contributed by atoms with E-state index in [0.29, 0.717) is 12.1 Å². The van der Waals surface area contributed by atoms with E-state index in [9.17, 15) is 4.79 Å². The lowest BCUT2D eigenvalue weighted by molar-refractivity contribution is -0.117. The quantitative estimate of drug-likeness (QED) is 0.564. The average Bonchev–Trinajstić information content (AvgIpc) is 2.89. The number of nitrogens with zero attached hydrogens (tertiary/aromatic N) is 2. The lowest BCUT2D eigenvalue weighted by atomic mass is 10.2. The Bertz CT molecular complexity index is 672. The molecule has 1 amide bonds. The van der Waals surface area contributed by atoms with Crippen LogP contribution in [0.5, 0.6) is 0 Å². The van der Waals surface area contributed by atoms with Gasteiger partial charge in [-0.2, -0.15) is 0 Å². The molecule has 0 saturated heterocycles. The Balaban J connectivity index is 2.02. The molecule has 2 rings (SSSR count). The van der Waals surface area contributed by atoms with E-state index in [1.165, 1.54) is 24.8 Å². The van der Waals surface area contributed by atoms with E-state index in [1.807, 2.05) is 6.07 Å². The van der Waals surface area contributed by atoms with Gasteiger partial charge in [-0.05, 0) is 31.9 Å². The van der Waals surface area contributed by atoms with Crippen molar-refractivity contribution in [3.63, 3.8) is 0 Å². The predicted octanol–water partition coefficient (Wildman–Crippen LogP) is 3.85. The molecule has 0 unspecified atom stereocenters. The van der Waals surface area contributed by atoms with Gasteiger partial charge in [0, 0.05) is 25.1 Å². The normalized spacial score (nSPS) is 10.9. The number of rotatable bonds is 9. The molecule has 0 radical (unpaired) electrons. The fraction of sp³-hybridized carbons (Fsp3) is 0.474. The summed E-state index contributed by atoms with van der Waals surface area (Å²) in [6.07, 6.45) is 5.39. The van der Waals surface area contributed by atoms with E-state index in [1.54, 1.807) is 6.92 Å². The summed E-state index contributed by atoms with van der Waals surface area (Å²) in [5.41, 5.74) is 2.83. The van der Waals surface area contributed by atoms with Gasteiger partial charge in [-0.3, -0.25) is 4.79 Å². The van der Waals surface area contributed by atoms with E-state index in [-0.39, 0.29) is 5.91 Å². The first-order valence-corrected chi connectivity index (χ1v) is 8.51. The van der Waals surface area contributed by atoms with Crippen LogP contribution >= 0.6 is 0 Å². The first-order valence-electron chi connectivity index (χ1n) is 8.51. The molecule has 0 atom stereocenters. The SMILES string of the molecule is C=C(C)C(=O)NCCCc1nc2ccccc2n1CCCCC. The van der Waals surface area contributed by atoms with Crippen LogP contribution < -0.4 is 5.32 Å². The number of benzene rings is 1. The first-order chi connectivity index (χ1) is 11.1. The van der Waals surface area contributed by atoms with Crippen LogP contribution in [-0.4, -0.2) is 22.0 Å². The van der Waals surface area contributed by atoms with Crippen molar-refractivity contribution in [1.29, 1.82) is 0 Å². The molecule has 0 saturated carbocycles. The molecule has 124 valence electrons. The van der Waals surface area contributed by atoms with Crippen LogP contribution in [-0.2, 0) is 17.8 Å². The number of imidazole rings is 1. The van der Waals surface area contributed by atoms with E-state index in [4.69, 9.17) is 4.98 Å². The summed E-state index contributed by atoms with van der Waals surface area (Å²) in [6, 6.07) is 8.30. The van der Waals surface area contributed by atoms with Crippen LogP contribution in [0.3, 0.4) is 0 Å². The number of aromatic nitrogens is 2. The van der Waals surface area contributed by atoms with Gasteiger partial charge in [0.2, 0.25) is 5.91 Å². The van der Waals surface area contributed by atoms with Gasteiger partial charge in [0.25, 0.3) is 0 Å². The molecule has 0 aliphatic carbocycles. The smallest absolute Gasteiger partial charge is 0.246 e. The Kier molecular flexibility index (Phi) is 6.39. The number of hydrogen-bond acceptors (Lipinski definition) is 2. The van der Waals surface area contributed by atoms with Crippen molar-refractivity contribution in [3.8, 4) is 0 Å². The molecule has 1 aromatic carbocycles. The zero-order chi connectivity index (χ0) is 16.7. The van der Waals surface area contributed by atoms with Crippen molar-refractivity contribution in [3.05, 3.63) is 42.2 Å². The molecule has 1 heterocycles. The highest BCUT2D eigenvalue weighted by molar-refractivity contribution is 5.92. The Morgan fingerprint density at radius 1 is 1.26 bits per heavy atom. The molecule has 0 bridgehead atoms. The van der Waals surface area contributed by atoms with Gasteiger partial charge < -0.3 is 9.88 Å². The monoisotopic (exact) mass is 313 g/mol. The minimum Gasteiger partial charge on any atom is -0.352 e. The van der Waals surface area contributed by atoms with Crippen molar-refractivity contribution in [2.45, 2.75) is 52.5 Å². The van der Waals surface area contributed by atoms with Crippen molar-refractivity contribution >= 4 is 16.9 Å². The Labute approximate surface area is 138 Å². The number of nitrogens with one attached hydrogen (secondary N) is 1. The lowest BCUT2D eigenvalue weighted by Crippen LogP contribution is -2.25. The van der Waals surface area contributed by atoms with E-state index in [0.717, 1.165) is 30.7 Å². The van der Waals surface area contributed by atoms with Crippen LogP contribution in [0.1, 0.15) is 45.4 Å². The van der Waals surface area contributed by atoms with E-state index in [2.05, 4.69) is 41.6 Å². The second-order valence-corrected chi connectivity index (χ2v) is 6.02. The van der Waals surface area contributed by atoms with Crippen LogP contribution in [0.15, 0.2) is 36.4 Å². The van der Waals surface area contributed by atoms with E-state index >= 15 is 0 Å². The third kappa shape index (κ3) is 4.68.